The van der Waals surface area contributed by atoms with Crippen LogP contribution in [0, 0.1) is 5.92 Å². The van der Waals surface area contributed by atoms with Crippen LogP contribution in [0.1, 0.15) is 30.0 Å². The zero-order chi connectivity index (χ0) is 16.2. The minimum atomic E-state index is -0.262. The highest BCUT2D eigenvalue weighted by atomic mass is 32.1. The Labute approximate surface area is 139 Å². The Morgan fingerprint density at radius 1 is 1.48 bits per heavy atom. The van der Waals surface area contributed by atoms with Gasteiger partial charge in [0, 0.05) is 12.3 Å². The van der Waals surface area contributed by atoms with Crippen LogP contribution in [0.25, 0.3) is 0 Å². The molecule has 5 nitrogen and oxygen atoms in total. The molecule has 0 aliphatic heterocycles. The Morgan fingerprint density at radius 3 is 2.87 bits per heavy atom. The summed E-state index contributed by atoms with van der Waals surface area (Å²) < 4.78 is 5.08. The third kappa shape index (κ3) is 3.89. The summed E-state index contributed by atoms with van der Waals surface area (Å²) in [5, 5.41) is 16.6. The summed E-state index contributed by atoms with van der Waals surface area (Å²) in [6.45, 7) is 0. The van der Waals surface area contributed by atoms with Crippen molar-refractivity contribution < 1.29 is 14.6 Å². The van der Waals surface area contributed by atoms with E-state index in [1.54, 1.807) is 30.7 Å². The van der Waals surface area contributed by atoms with Gasteiger partial charge in [0.05, 0.1) is 25.7 Å². The first-order valence-electron chi connectivity index (χ1n) is 7.64. The number of pyridine rings is 1. The fourth-order valence-electron chi connectivity index (χ4n) is 2.87. The second-order valence-corrected chi connectivity index (χ2v) is 6.65. The maximum Gasteiger partial charge on any atom is 0.224 e. The Hall–Kier alpha value is -1.92. The molecule has 0 radical (unpaired) electrons. The highest BCUT2D eigenvalue weighted by Gasteiger charge is 2.35. The lowest BCUT2D eigenvalue weighted by atomic mass is 9.75. The summed E-state index contributed by atoms with van der Waals surface area (Å²) in [7, 11) is 1.57. The van der Waals surface area contributed by atoms with Crippen molar-refractivity contribution in [1.29, 1.82) is 0 Å². The second-order valence-electron chi connectivity index (χ2n) is 5.87. The predicted octanol–water partition coefficient (Wildman–Crippen LogP) is 2.32. The number of hydrogen-bond acceptors (Lipinski definition) is 5. The predicted molar refractivity (Wildman–Crippen MR) is 88.4 cm³/mol. The summed E-state index contributed by atoms with van der Waals surface area (Å²) >= 11 is 1.59. The molecule has 23 heavy (non-hydrogen) atoms. The molecule has 0 spiro atoms. The zero-order valence-electron chi connectivity index (χ0n) is 12.9. The van der Waals surface area contributed by atoms with E-state index in [0.29, 0.717) is 25.1 Å². The molecule has 2 aromatic rings. The van der Waals surface area contributed by atoms with Crippen molar-refractivity contribution in [1.82, 2.24) is 10.3 Å². The molecule has 1 saturated carbocycles. The molecule has 0 saturated heterocycles. The van der Waals surface area contributed by atoms with Crippen molar-refractivity contribution >= 4 is 17.2 Å². The van der Waals surface area contributed by atoms with E-state index < -0.39 is 0 Å². The van der Waals surface area contributed by atoms with E-state index in [0.717, 1.165) is 11.1 Å². The van der Waals surface area contributed by atoms with E-state index in [2.05, 4.69) is 10.3 Å². The molecule has 0 aromatic carbocycles. The van der Waals surface area contributed by atoms with Gasteiger partial charge >= 0.3 is 0 Å². The molecule has 3 rings (SSSR count). The number of aromatic nitrogens is 1. The number of carbonyl (C=O) groups is 1. The average molecular weight is 332 g/mol. The number of hydrogen-bond donors (Lipinski definition) is 2. The van der Waals surface area contributed by atoms with Gasteiger partial charge in [0.25, 0.3) is 0 Å². The van der Waals surface area contributed by atoms with Gasteiger partial charge in [-0.2, -0.15) is 11.3 Å². The average Bonchev–Trinajstić information content (AvgIpc) is 3.03. The van der Waals surface area contributed by atoms with Crippen LogP contribution in [0.2, 0.25) is 0 Å². The first-order chi connectivity index (χ1) is 11.2. The molecule has 2 N–H and O–H groups in total. The molecule has 1 fully saturated rings. The molecule has 0 bridgehead atoms. The van der Waals surface area contributed by atoms with Gasteiger partial charge in [0.15, 0.2) is 0 Å². The van der Waals surface area contributed by atoms with Crippen molar-refractivity contribution in [3.05, 3.63) is 46.3 Å². The topological polar surface area (TPSA) is 71.5 Å². The molecular formula is C17H20N2O3S. The molecule has 0 unspecified atom stereocenters. The fraction of sp³-hybridized carbons (Fsp3) is 0.412. The molecule has 1 amide bonds. The van der Waals surface area contributed by atoms with Crippen molar-refractivity contribution in [2.45, 2.75) is 31.4 Å². The molecule has 1 aliphatic carbocycles. The summed E-state index contributed by atoms with van der Waals surface area (Å²) in [6.07, 6.45) is 3.26. The minimum absolute atomic E-state index is 0.00870. The molecule has 6 heteroatoms. The summed E-state index contributed by atoms with van der Waals surface area (Å²) in [5.41, 5.74) is 1.97. The Balaban J connectivity index is 1.71. The van der Waals surface area contributed by atoms with Crippen molar-refractivity contribution in [3.63, 3.8) is 0 Å². The van der Waals surface area contributed by atoms with Crippen molar-refractivity contribution in [2.75, 3.05) is 7.11 Å². The summed E-state index contributed by atoms with van der Waals surface area (Å²) in [5.74, 6) is 0.781. The third-order valence-corrected chi connectivity index (χ3v) is 4.94. The van der Waals surface area contributed by atoms with Crippen molar-refractivity contribution in [3.8, 4) is 5.88 Å². The highest BCUT2D eigenvalue weighted by Crippen LogP contribution is 2.38. The number of methoxy groups -OCH3 is 1. The number of aliphatic hydroxyl groups excluding tert-OH is 1. The number of rotatable bonds is 6. The second kappa shape index (κ2) is 7.10. The highest BCUT2D eigenvalue weighted by molar-refractivity contribution is 7.07. The van der Waals surface area contributed by atoms with Crippen LogP contribution in [0.15, 0.2) is 35.2 Å². The first-order valence-corrected chi connectivity index (χ1v) is 8.58. The summed E-state index contributed by atoms with van der Waals surface area (Å²) in [6, 6.07) is 5.55. The van der Waals surface area contributed by atoms with Gasteiger partial charge < -0.3 is 15.2 Å². The maximum absolute atomic E-state index is 12.3. The quantitative estimate of drug-likeness (QED) is 0.852. The lowest BCUT2D eigenvalue weighted by molar-refractivity contribution is -0.122. The smallest absolute Gasteiger partial charge is 0.224 e. The van der Waals surface area contributed by atoms with E-state index >= 15 is 0 Å². The SMILES string of the molecule is COc1ccc([C@@H](NC(=O)Cc2ccsc2)C2CC(O)C2)cn1. The van der Waals surface area contributed by atoms with Crippen LogP contribution < -0.4 is 10.1 Å². The largest absolute Gasteiger partial charge is 0.481 e. The van der Waals surface area contributed by atoms with Crippen LogP contribution in [-0.2, 0) is 11.2 Å². The van der Waals surface area contributed by atoms with E-state index in [-0.39, 0.29) is 24.0 Å². The van der Waals surface area contributed by atoms with E-state index in [1.165, 1.54) is 0 Å². The van der Waals surface area contributed by atoms with Gasteiger partial charge in [0.2, 0.25) is 11.8 Å². The number of carbonyl (C=O) groups excluding carboxylic acids is 1. The molecule has 2 aromatic heterocycles. The fourth-order valence-corrected chi connectivity index (χ4v) is 3.54. The van der Waals surface area contributed by atoms with Crippen LogP contribution in [0.3, 0.4) is 0 Å². The standard InChI is InChI=1S/C17H20N2O3S/c1-22-16-3-2-12(9-18-16)17(13-7-14(20)8-13)19-15(21)6-11-4-5-23-10-11/h2-5,9-10,13-14,17,20H,6-8H2,1H3,(H,19,21)/t13?,14?,17-/m1/s1. The van der Waals surface area contributed by atoms with E-state index in [1.807, 2.05) is 22.9 Å². The third-order valence-electron chi connectivity index (χ3n) is 4.21. The molecular weight excluding hydrogens is 312 g/mol. The van der Waals surface area contributed by atoms with Crippen LogP contribution in [0.5, 0.6) is 5.88 Å². The number of nitrogens with zero attached hydrogens (tertiary/aromatic N) is 1. The van der Waals surface area contributed by atoms with Gasteiger partial charge in [-0.3, -0.25) is 4.79 Å². The van der Waals surface area contributed by atoms with E-state index in [9.17, 15) is 9.90 Å². The lowest BCUT2D eigenvalue weighted by Crippen LogP contribution is -2.41. The van der Waals surface area contributed by atoms with Crippen LogP contribution in [-0.4, -0.2) is 29.2 Å². The first kappa shape index (κ1) is 16.0. The molecule has 2 heterocycles. The Kier molecular flexibility index (Phi) is 4.93. The number of thiophene rings is 1. The van der Waals surface area contributed by atoms with E-state index in [4.69, 9.17) is 4.74 Å². The normalized spacial score (nSPS) is 21.3. The lowest BCUT2D eigenvalue weighted by Gasteiger charge is -2.38. The van der Waals surface area contributed by atoms with Crippen LogP contribution >= 0.6 is 11.3 Å². The van der Waals surface area contributed by atoms with Gasteiger partial charge in [0.1, 0.15) is 0 Å². The Morgan fingerprint density at radius 2 is 2.30 bits per heavy atom. The molecule has 1 atom stereocenters. The molecule has 1 aliphatic rings. The monoisotopic (exact) mass is 332 g/mol. The van der Waals surface area contributed by atoms with Crippen molar-refractivity contribution in [2.24, 2.45) is 5.92 Å². The Bertz CT molecular complexity index is 636. The summed E-state index contributed by atoms with van der Waals surface area (Å²) in [4.78, 5) is 16.6. The number of ether oxygens (including phenoxy) is 1. The van der Waals surface area contributed by atoms with Gasteiger partial charge in [-0.25, -0.2) is 4.98 Å². The van der Waals surface area contributed by atoms with Crippen LogP contribution in [0.4, 0.5) is 0 Å². The number of amides is 1. The molecule has 122 valence electrons. The van der Waals surface area contributed by atoms with Gasteiger partial charge in [-0.15, -0.1) is 0 Å². The van der Waals surface area contributed by atoms with Gasteiger partial charge in [-0.05, 0) is 46.7 Å². The zero-order valence-corrected chi connectivity index (χ0v) is 13.8. The minimum Gasteiger partial charge on any atom is -0.481 e. The number of aliphatic hydroxyl groups is 1. The van der Waals surface area contributed by atoms with Gasteiger partial charge in [-0.1, -0.05) is 6.07 Å². The number of nitrogens with one attached hydrogen (secondary N) is 1. The maximum atomic E-state index is 12.3.